The van der Waals surface area contributed by atoms with Crippen molar-refractivity contribution in [1.82, 2.24) is 9.88 Å². The number of nitrogens with zero attached hydrogens (tertiary/aromatic N) is 2. The van der Waals surface area contributed by atoms with Crippen LogP contribution in [0.5, 0.6) is 0 Å². The highest BCUT2D eigenvalue weighted by Gasteiger charge is 2.21. The molecule has 5 nitrogen and oxygen atoms in total. The van der Waals surface area contributed by atoms with Gasteiger partial charge in [0.25, 0.3) is 5.91 Å². The van der Waals surface area contributed by atoms with Gasteiger partial charge in [-0.2, -0.15) is 0 Å². The van der Waals surface area contributed by atoms with E-state index in [9.17, 15) is 4.79 Å². The maximum Gasteiger partial charge on any atom is 0.257 e. The number of furan rings is 1. The molecule has 0 spiro atoms. The summed E-state index contributed by atoms with van der Waals surface area (Å²) in [7, 11) is 0. The number of aryl methyl sites for hydroxylation is 1. The second-order valence-electron chi connectivity index (χ2n) is 5.99. The lowest BCUT2D eigenvalue weighted by atomic mass is 10.2. The number of pyridine rings is 1. The number of rotatable bonds is 4. The molecule has 2 aromatic rings. The molecule has 0 aromatic carbocycles. The minimum atomic E-state index is 0.0707. The quantitative estimate of drug-likeness (QED) is 0.936. The van der Waals surface area contributed by atoms with Crippen LogP contribution in [0.25, 0.3) is 0 Å². The summed E-state index contributed by atoms with van der Waals surface area (Å²) < 4.78 is 5.33. The molecule has 0 unspecified atom stereocenters. The Morgan fingerprint density at radius 3 is 2.70 bits per heavy atom. The molecule has 1 saturated heterocycles. The second-order valence-corrected chi connectivity index (χ2v) is 5.99. The van der Waals surface area contributed by atoms with Gasteiger partial charge in [0, 0.05) is 18.8 Å². The summed E-state index contributed by atoms with van der Waals surface area (Å²) in [6.07, 6.45) is 6.23. The van der Waals surface area contributed by atoms with E-state index in [1.807, 2.05) is 36.1 Å². The second kappa shape index (κ2) is 7.31. The molecule has 0 saturated carbocycles. The Hall–Kier alpha value is -2.30. The van der Waals surface area contributed by atoms with E-state index in [1.165, 1.54) is 12.8 Å². The molecule has 0 radical (unpaired) electrons. The van der Waals surface area contributed by atoms with Gasteiger partial charge in [-0.25, -0.2) is 4.98 Å². The molecule has 3 rings (SSSR count). The SMILES string of the molecule is Cc1ccc(C(=O)N2CCCCCC2)c(NCc2ccco2)n1. The van der Waals surface area contributed by atoms with Crippen molar-refractivity contribution in [2.75, 3.05) is 18.4 Å². The first-order valence-corrected chi connectivity index (χ1v) is 8.27. The predicted octanol–water partition coefficient (Wildman–Crippen LogP) is 3.61. The molecule has 5 heteroatoms. The van der Waals surface area contributed by atoms with E-state index in [-0.39, 0.29) is 5.91 Å². The first-order chi connectivity index (χ1) is 11.2. The minimum absolute atomic E-state index is 0.0707. The molecule has 1 fully saturated rings. The Labute approximate surface area is 136 Å². The summed E-state index contributed by atoms with van der Waals surface area (Å²) in [5.74, 6) is 1.53. The zero-order valence-electron chi connectivity index (χ0n) is 13.5. The van der Waals surface area contributed by atoms with E-state index in [2.05, 4.69) is 10.3 Å². The largest absolute Gasteiger partial charge is 0.467 e. The third kappa shape index (κ3) is 3.92. The summed E-state index contributed by atoms with van der Waals surface area (Å²) in [5, 5.41) is 3.24. The number of hydrogen-bond donors (Lipinski definition) is 1. The third-order valence-corrected chi connectivity index (χ3v) is 4.17. The molecular formula is C18H23N3O2. The maximum absolute atomic E-state index is 12.9. The van der Waals surface area contributed by atoms with Gasteiger partial charge in [0.05, 0.1) is 18.4 Å². The molecule has 0 bridgehead atoms. The molecule has 3 heterocycles. The van der Waals surface area contributed by atoms with Crippen LogP contribution in [0.2, 0.25) is 0 Å². The van der Waals surface area contributed by atoms with Crippen molar-refractivity contribution < 1.29 is 9.21 Å². The van der Waals surface area contributed by atoms with E-state index in [0.29, 0.717) is 17.9 Å². The van der Waals surface area contributed by atoms with Crippen LogP contribution in [-0.2, 0) is 6.54 Å². The lowest BCUT2D eigenvalue weighted by molar-refractivity contribution is 0.0762. The van der Waals surface area contributed by atoms with Crippen molar-refractivity contribution in [2.24, 2.45) is 0 Å². The van der Waals surface area contributed by atoms with Gasteiger partial charge < -0.3 is 14.6 Å². The Morgan fingerprint density at radius 2 is 2.00 bits per heavy atom. The average molecular weight is 313 g/mol. The predicted molar refractivity (Wildman–Crippen MR) is 89.4 cm³/mol. The van der Waals surface area contributed by atoms with Crippen molar-refractivity contribution in [3.8, 4) is 0 Å². The number of aromatic nitrogens is 1. The monoisotopic (exact) mass is 313 g/mol. The van der Waals surface area contributed by atoms with Gasteiger partial charge in [-0.1, -0.05) is 12.8 Å². The van der Waals surface area contributed by atoms with Gasteiger partial charge in [0.15, 0.2) is 0 Å². The molecule has 122 valence electrons. The highest BCUT2D eigenvalue weighted by atomic mass is 16.3. The van der Waals surface area contributed by atoms with Crippen molar-refractivity contribution >= 4 is 11.7 Å². The van der Waals surface area contributed by atoms with Crippen LogP contribution in [0.1, 0.15) is 47.5 Å². The fourth-order valence-corrected chi connectivity index (χ4v) is 2.89. The van der Waals surface area contributed by atoms with Crippen LogP contribution >= 0.6 is 0 Å². The first kappa shape index (κ1) is 15.6. The van der Waals surface area contributed by atoms with E-state index in [4.69, 9.17) is 4.42 Å². The molecule has 0 atom stereocenters. The Morgan fingerprint density at radius 1 is 1.22 bits per heavy atom. The fourth-order valence-electron chi connectivity index (χ4n) is 2.89. The molecular weight excluding hydrogens is 290 g/mol. The van der Waals surface area contributed by atoms with Crippen molar-refractivity contribution in [3.63, 3.8) is 0 Å². The fraction of sp³-hybridized carbons (Fsp3) is 0.444. The molecule has 2 aromatic heterocycles. The van der Waals surface area contributed by atoms with E-state index in [0.717, 1.165) is 37.4 Å². The van der Waals surface area contributed by atoms with E-state index >= 15 is 0 Å². The Bertz CT molecular complexity index is 644. The standard InChI is InChI=1S/C18H23N3O2/c1-14-8-9-16(18(22)21-10-4-2-3-5-11-21)17(20-14)19-13-15-7-6-12-23-15/h6-9,12H,2-5,10-11,13H2,1H3,(H,19,20). The van der Waals surface area contributed by atoms with Gasteiger partial charge >= 0.3 is 0 Å². The summed E-state index contributed by atoms with van der Waals surface area (Å²) >= 11 is 0. The summed E-state index contributed by atoms with van der Waals surface area (Å²) in [4.78, 5) is 19.3. The van der Waals surface area contributed by atoms with Crippen molar-refractivity contribution in [2.45, 2.75) is 39.2 Å². The molecule has 23 heavy (non-hydrogen) atoms. The number of carbonyl (C=O) groups is 1. The van der Waals surface area contributed by atoms with Crippen molar-refractivity contribution in [3.05, 3.63) is 47.5 Å². The van der Waals surface area contributed by atoms with Gasteiger partial charge in [0.2, 0.25) is 0 Å². The topological polar surface area (TPSA) is 58.4 Å². The van der Waals surface area contributed by atoms with Gasteiger partial charge in [-0.05, 0) is 44.0 Å². The van der Waals surface area contributed by atoms with Crippen LogP contribution in [0, 0.1) is 6.92 Å². The molecule has 1 aliphatic heterocycles. The third-order valence-electron chi connectivity index (χ3n) is 4.17. The zero-order valence-corrected chi connectivity index (χ0v) is 13.5. The van der Waals surface area contributed by atoms with Gasteiger partial charge in [-0.3, -0.25) is 4.79 Å². The van der Waals surface area contributed by atoms with Gasteiger partial charge in [0.1, 0.15) is 11.6 Å². The van der Waals surface area contributed by atoms with E-state index in [1.54, 1.807) is 6.26 Å². The lowest BCUT2D eigenvalue weighted by Crippen LogP contribution is -2.32. The van der Waals surface area contributed by atoms with Crippen molar-refractivity contribution in [1.29, 1.82) is 0 Å². The zero-order chi connectivity index (χ0) is 16.1. The highest BCUT2D eigenvalue weighted by molar-refractivity contribution is 5.98. The molecule has 0 aliphatic carbocycles. The normalized spacial score (nSPS) is 15.3. The minimum Gasteiger partial charge on any atom is -0.467 e. The van der Waals surface area contributed by atoms with Crippen LogP contribution in [0.3, 0.4) is 0 Å². The van der Waals surface area contributed by atoms with Crippen LogP contribution in [0.4, 0.5) is 5.82 Å². The Kier molecular flexibility index (Phi) is 4.95. The number of carbonyl (C=O) groups excluding carboxylic acids is 1. The smallest absolute Gasteiger partial charge is 0.257 e. The summed E-state index contributed by atoms with van der Waals surface area (Å²) in [6, 6.07) is 7.52. The molecule has 1 N–H and O–H groups in total. The number of nitrogens with one attached hydrogen (secondary N) is 1. The summed E-state index contributed by atoms with van der Waals surface area (Å²) in [5.41, 5.74) is 1.53. The number of hydrogen-bond acceptors (Lipinski definition) is 4. The van der Waals surface area contributed by atoms with Crippen LogP contribution in [0.15, 0.2) is 34.9 Å². The number of likely N-dealkylation sites (tertiary alicyclic amines) is 1. The lowest BCUT2D eigenvalue weighted by Gasteiger charge is -2.21. The van der Waals surface area contributed by atoms with Gasteiger partial charge in [-0.15, -0.1) is 0 Å². The first-order valence-electron chi connectivity index (χ1n) is 8.27. The van der Waals surface area contributed by atoms with E-state index < -0.39 is 0 Å². The number of anilines is 1. The van der Waals surface area contributed by atoms with Crippen LogP contribution in [-0.4, -0.2) is 28.9 Å². The molecule has 1 aliphatic rings. The van der Waals surface area contributed by atoms with Crippen LogP contribution < -0.4 is 5.32 Å². The maximum atomic E-state index is 12.9. The highest BCUT2D eigenvalue weighted by Crippen LogP contribution is 2.19. The molecule has 1 amide bonds. The summed E-state index contributed by atoms with van der Waals surface area (Å²) in [6.45, 7) is 4.12. The average Bonchev–Trinajstić information content (AvgIpc) is 2.93. The Balaban J connectivity index is 1.78. The number of amides is 1.